The minimum absolute atomic E-state index is 0.0288. The molecule has 0 bridgehead atoms. The number of rotatable bonds is 6. The van der Waals surface area contributed by atoms with Crippen LogP contribution in [0.5, 0.6) is 0 Å². The summed E-state index contributed by atoms with van der Waals surface area (Å²) < 4.78 is 5.68. The van der Waals surface area contributed by atoms with Gasteiger partial charge in [-0.3, -0.25) is 4.79 Å². The molecule has 25 heavy (non-hydrogen) atoms. The van der Waals surface area contributed by atoms with E-state index in [0.717, 1.165) is 16.7 Å². The van der Waals surface area contributed by atoms with Crippen molar-refractivity contribution in [2.24, 2.45) is 0 Å². The molecule has 3 rings (SSSR count). The van der Waals surface area contributed by atoms with Crippen LogP contribution in [0, 0.1) is 13.8 Å². The Morgan fingerprint density at radius 3 is 2.48 bits per heavy atom. The van der Waals surface area contributed by atoms with Crippen LogP contribution in [-0.4, -0.2) is 16.1 Å². The van der Waals surface area contributed by atoms with Gasteiger partial charge >= 0.3 is 0 Å². The Hall–Kier alpha value is -2.95. The molecule has 1 heterocycles. The van der Waals surface area contributed by atoms with Gasteiger partial charge < -0.3 is 9.73 Å². The average molecular weight is 335 g/mol. The Morgan fingerprint density at radius 2 is 1.72 bits per heavy atom. The zero-order chi connectivity index (χ0) is 17.6. The molecule has 0 saturated heterocycles. The lowest BCUT2D eigenvalue weighted by Crippen LogP contribution is -2.23. The summed E-state index contributed by atoms with van der Waals surface area (Å²) in [5, 5.41) is 11.1. The maximum Gasteiger partial charge on any atom is 0.247 e. The Balaban J connectivity index is 1.53. The largest absolute Gasteiger partial charge is 0.421 e. The van der Waals surface area contributed by atoms with E-state index in [0.29, 0.717) is 31.2 Å². The first-order valence-corrected chi connectivity index (χ1v) is 8.33. The molecule has 2 aromatic carbocycles. The second-order valence-electron chi connectivity index (χ2n) is 6.02. The third kappa shape index (κ3) is 4.32. The molecule has 0 radical (unpaired) electrons. The van der Waals surface area contributed by atoms with Gasteiger partial charge in [0.25, 0.3) is 0 Å². The number of hydrogen-bond acceptors (Lipinski definition) is 4. The molecule has 0 aliphatic carbocycles. The minimum Gasteiger partial charge on any atom is -0.421 e. The Morgan fingerprint density at radius 1 is 1.00 bits per heavy atom. The molecule has 0 spiro atoms. The van der Waals surface area contributed by atoms with Gasteiger partial charge in [0.05, 0.1) is 0 Å². The molecule has 0 aliphatic heterocycles. The topological polar surface area (TPSA) is 68.0 Å². The summed E-state index contributed by atoms with van der Waals surface area (Å²) in [4.78, 5) is 12.0. The Bertz CT molecular complexity index is 871. The summed E-state index contributed by atoms with van der Waals surface area (Å²) in [6, 6.07) is 15.9. The first-order valence-electron chi connectivity index (χ1n) is 8.33. The monoisotopic (exact) mass is 335 g/mol. The number of hydrogen-bond donors (Lipinski definition) is 1. The predicted octanol–water partition coefficient (Wildman–Crippen LogP) is 3.60. The zero-order valence-electron chi connectivity index (χ0n) is 14.5. The second kappa shape index (κ2) is 7.75. The molecule has 0 atom stereocenters. The molecule has 128 valence electrons. The third-order valence-electron chi connectivity index (χ3n) is 4.15. The van der Waals surface area contributed by atoms with Crippen LogP contribution in [0.3, 0.4) is 0 Å². The van der Waals surface area contributed by atoms with Gasteiger partial charge in [-0.05, 0) is 36.6 Å². The van der Waals surface area contributed by atoms with Gasteiger partial charge in [-0.1, -0.05) is 42.5 Å². The Kier molecular flexibility index (Phi) is 5.23. The summed E-state index contributed by atoms with van der Waals surface area (Å²) >= 11 is 0. The molecule has 0 saturated carbocycles. The zero-order valence-corrected chi connectivity index (χ0v) is 14.5. The van der Waals surface area contributed by atoms with Gasteiger partial charge in [-0.2, -0.15) is 0 Å². The van der Waals surface area contributed by atoms with Gasteiger partial charge in [0, 0.05) is 24.9 Å². The first kappa shape index (κ1) is 16.9. The number of nitrogens with one attached hydrogen (secondary N) is 1. The maximum absolute atomic E-state index is 12.0. The van der Waals surface area contributed by atoms with Gasteiger partial charge in [0.2, 0.25) is 17.7 Å². The lowest BCUT2D eigenvalue weighted by Gasteiger charge is -2.07. The van der Waals surface area contributed by atoms with Crippen molar-refractivity contribution >= 4 is 5.91 Å². The van der Waals surface area contributed by atoms with Crippen molar-refractivity contribution in [3.63, 3.8) is 0 Å². The van der Waals surface area contributed by atoms with Gasteiger partial charge in [0.15, 0.2) is 0 Å². The molecule has 3 aromatic rings. The summed E-state index contributed by atoms with van der Waals surface area (Å²) in [6.45, 7) is 4.56. The fourth-order valence-corrected chi connectivity index (χ4v) is 2.59. The van der Waals surface area contributed by atoms with Crippen LogP contribution >= 0.6 is 0 Å². The average Bonchev–Trinajstić information content (AvgIpc) is 3.08. The van der Waals surface area contributed by atoms with Gasteiger partial charge in [-0.25, -0.2) is 0 Å². The summed E-state index contributed by atoms with van der Waals surface area (Å²) in [5.74, 6) is 0.941. The molecule has 5 heteroatoms. The fourth-order valence-electron chi connectivity index (χ4n) is 2.59. The van der Waals surface area contributed by atoms with Crippen molar-refractivity contribution in [1.82, 2.24) is 15.5 Å². The highest BCUT2D eigenvalue weighted by Crippen LogP contribution is 2.21. The molecular weight excluding hydrogens is 314 g/mol. The van der Waals surface area contributed by atoms with E-state index >= 15 is 0 Å². The van der Waals surface area contributed by atoms with Crippen molar-refractivity contribution < 1.29 is 9.21 Å². The number of amides is 1. The van der Waals surface area contributed by atoms with Gasteiger partial charge in [0.1, 0.15) is 0 Å². The predicted molar refractivity (Wildman–Crippen MR) is 95.8 cm³/mol. The van der Waals surface area contributed by atoms with Crippen molar-refractivity contribution in [3.8, 4) is 11.5 Å². The molecule has 1 amide bonds. The second-order valence-corrected chi connectivity index (χ2v) is 6.02. The van der Waals surface area contributed by atoms with E-state index in [4.69, 9.17) is 4.42 Å². The van der Waals surface area contributed by atoms with Crippen LogP contribution in [0.2, 0.25) is 0 Å². The summed E-state index contributed by atoms with van der Waals surface area (Å²) in [7, 11) is 0. The van der Waals surface area contributed by atoms with E-state index in [1.54, 1.807) is 0 Å². The van der Waals surface area contributed by atoms with Crippen LogP contribution < -0.4 is 5.32 Å². The van der Waals surface area contributed by atoms with Crippen molar-refractivity contribution in [1.29, 1.82) is 0 Å². The van der Waals surface area contributed by atoms with E-state index in [9.17, 15) is 4.79 Å². The molecule has 5 nitrogen and oxygen atoms in total. The van der Waals surface area contributed by atoms with Crippen LogP contribution in [0.15, 0.2) is 52.9 Å². The van der Waals surface area contributed by atoms with Gasteiger partial charge in [-0.15, -0.1) is 10.2 Å². The highest BCUT2D eigenvalue weighted by molar-refractivity contribution is 5.76. The molecule has 0 fully saturated rings. The smallest absolute Gasteiger partial charge is 0.247 e. The minimum atomic E-state index is -0.0288. The normalized spacial score (nSPS) is 10.6. The van der Waals surface area contributed by atoms with Crippen LogP contribution in [-0.2, 0) is 17.8 Å². The van der Waals surface area contributed by atoms with Crippen LogP contribution in [0.25, 0.3) is 11.5 Å². The Labute approximate surface area is 147 Å². The van der Waals surface area contributed by atoms with Crippen molar-refractivity contribution in [3.05, 3.63) is 71.1 Å². The molecule has 1 N–H and O–H groups in total. The van der Waals surface area contributed by atoms with E-state index in [-0.39, 0.29) is 5.91 Å². The van der Waals surface area contributed by atoms with Crippen molar-refractivity contribution in [2.75, 3.05) is 0 Å². The van der Waals surface area contributed by atoms with E-state index in [1.807, 2.05) is 62.4 Å². The number of benzene rings is 2. The number of nitrogens with zero attached hydrogens (tertiary/aromatic N) is 2. The molecule has 1 aromatic heterocycles. The molecule has 0 unspecified atom stereocenters. The maximum atomic E-state index is 12.0. The lowest BCUT2D eigenvalue weighted by molar-refractivity contribution is -0.121. The number of aryl methyl sites for hydroxylation is 3. The van der Waals surface area contributed by atoms with E-state index in [2.05, 4.69) is 15.5 Å². The highest BCUT2D eigenvalue weighted by atomic mass is 16.4. The fraction of sp³-hybridized carbons (Fsp3) is 0.250. The van der Waals surface area contributed by atoms with Crippen LogP contribution in [0.4, 0.5) is 0 Å². The standard InChI is InChI=1S/C20H21N3O2/c1-14-7-3-5-9-16(14)13-21-18(24)11-12-19-22-23-20(25-19)17-10-6-4-8-15(17)2/h3-10H,11-13H2,1-2H3,(H,21,24). The summed E-state index contributed by atoms with van der Waals surface area (Å²) in [5.41, 5.74) is 4.29. The van der Waals surface area contributed by atoms with E-state index in [1.165, 1.54) is 5.56 Å². The molecule has 0 aliphatic rings. The van der Waals surface area contributed by atoms with Crippen LogP contribution in [0.1, 0.15) is 29.0 Å². The summed E-state index contributed by atoms with van der Waals surface area (Å²) in [6.07, 6.45) is 0.750. The number of carbonyl (C=O) groups is 1. The van der Waals surface area contributed by atoms with Crippen molar-refractivity contribution in [2.45, 2.75) is 33.2 Å². The van der Waals surface area contributed by atoms with E-state index < -0.39 is 0 Å². The molecular formula is C20H21N3O2. The SMILES string of the molecule is Cc1ccccc1CNC(=O)CCc1nnc(-c2ccccc2C)o1. The third-order valence-corrected chi connectivity index (χ3v) is 4.15. The number of carbonyl (C=O) groups excluding carboxylic acids is 1. The highest BCUT2D eigenvalue weighted by Gasteiger charge is 2.12. The number of aromatic nitrogens is 2. The lowest BCUT2D eigenvalue weighted by atomic mass is 10.1. The first-order chi connectivity index (χ1) is 12.1. The quantitative estimate of drug-likeness (QED) is 0.747.